The van der Waals surface area contributed by atoms with E-state index in [1.54, 1.807) is 19.3 Å². The van der Waals surface area contributed by atoms with Crippen LogP contribution in [0.5, 0.6) is 0 Å². The summed E-state index contributed by atoms with van der Waals surface area (Å²) in [5.41, 5.74) is 4.16. The number of aromatic nitrogens is 6. The molecule has 0 fully saturated rings. The van der Waals surface area contributed by atoms with Gasteiger partial charge in [-0.2, -0.15) is 10.1 Å². The van der Waals surface area contributed by atoms with Crippen molar-refractivity contribution in [2.75, 3.05) is 0 Å². The fourth-order valence-corrected chi connectivity index (χ4v) is 2.54. The zero-order valence-corrected chi connectivity index (χ0v) is 12.8. The molecular formula is C16H14N6O. The molecule has 114 valence electrons. The van der Waals surface area contributed by atoms with Crippen LogP contribution in [-0.2, 0) is 6.54 Å². The molecule has 0 unspecified atom stereocenters. The zero-order valence-electron chi connectivity index (χ0n) is 12.8. The van der Waals surface area contributed by atoms with Crippen molar-refractivity contribution >= 4 is 11.0 Å². The molecule has 0 spiro atoms. The Kier molecular flexibility index (Phi) is 3.11. The molecule has 0 radical (unpaired) electrons. The third-order valence-electron chi connectivity index (χ3n) is 3.60. The molecule has 0 aliphatic rings. The van der Waals surface area contributed by atoms with Gasteiger partial charge < -0.3 is 4.52 Å². The number of hydrogen-bond donors (Lipinski definition) is 0. The van der Waals surface area contributed by atoms with Crippen LogP contribution in [0.4, 0.5) is 0 Å². The molecule has 0 amide bonds. The first-order valence-electron chi connectivity index (χ1n) is 7.35. The fraction of sp³-hybridized carbons (Fsp3) is 0.188. The predicted molar refractivity (Wildman–Crippen MR) is 84.5 cm³/mol. The number of pyridine rings is 2. The van der Waals surface area contributed by atoms with Crippen molar-refractivity contribution in [2.24, 2.45) is 0 Å². The Morgan fingerprint density at radius 3 is 2.87 bits per heavy atom. The lowest BCUT2D eigenvalue weighted by Gasteiger charge is -1.99. The van der Waals surface area contributed by atoms with Crippen LogP contribution in [-0.4, -0.2) is 29.9 Å². The second kappa shape index (κ2) is 5.28. The maximum atomic E-state index is 5.04. The minimum atomic E-state index is 0.528. The molecule has 0 saturated carbocycles. The Balaban J connectivity index is 1.88. The lowest BCUT2D eigenvalue weighted by molar-refractivity contribution is 0.394. The van der Waals surface area contributed by atoms with E-state index in [1.165, 1.54) is 0 Å². The minimum absolute atomic E-state index is 0.528. The minimum Gasteiger partial charge on any atom is -0.339 e. The van der Waals surface area contributed by atoms with Gasteiger partial charge in [-0.25, -0.2) is 0 Å². The summed E-state index contributed by atoms with van der Waals surface area (Å²) < 4.78 is 6.96. The van der Waals surface area contributed by atoms with Crippen molar-refractivity contribution in [1.82, 2.24) is 29.9 Å². The smallest absolute Gasteiger partial charge is 0.223 e. The number of nitrogens with zero attached hydrogens (tertiary/aromatic N) is 6. The van der Waals surface area contributed by atoms with Gasteiger partial charge in [-0.1, -0.05) is 5.16 Å². The largest absolute Gasteiger partial charge is 0.339 e. The van der Waals surface area contributed by atoms with Crippen molar-refractivity contribution in [3.8, 4) is 22.8 Å². The Hall–Kier alpha value is -3.09. The van der Waals surface area contributed by atoms with E-state index < -0.39 is 0 Å². The van der Waals surface area contributed by atoms with Gasteiger partial charge in [-0.3, -0.25) is 14.6 Å². The van der Waals surface area contributed by atoms with Gasteiger partial charge in [-0.15, -0.1) is 0 Å². The maximum absolute atomic E-state index is 5.04. The average Bonchev–Trinajstić information content (AvgIpc) is 3.19. The van der Waals surface area contributed by atoms with Gasteiger partial charge in [0.25, 0.3) is 0 Å². The number of aryl methyl sites for hydroxylation is 2. The molecule has 7 heteroatoms. The lowest BCUT2D eigenvalue weighted by Crippen LogP contribution is -1.96. The number of rotatable bonds is 3. The normalized spacial score (nSPS) is 11.2. The van der Waals surface area contributed by atoms with Crippen LogP contribution < -0.4 is 0 Å². The topological polar surface area (TPSA) is 82.5 Å². The summed E-state index contributed by atoms with van der Waals surface area (Å²) in [6.07, 6.45) is 3.48. The molecule has 4 rings (SSSR count). The third-order valence-corrected chi connectivity index (χ3v) is 3.60. The highest BCUT2D eigenvalue weighted by molar-refractivity contribution is 5.89. The molecule has 0 aliphatic carbocycles. The summed E-state index contributed by atoms with van der Waals surface area (Å²) in [5, 5.41) is 8.59. The van der Waals surface area contributed by atoms with Gasteiger partial charge >= 0.3 is 0 Å². The summed E-state index contributed by atoms with van der Waals surface area (Å²) in [5.74, 6) is 1.07. The lowest BCUT2D eigenvalue weighted by atomic mass is 10.1. The van der Waals surface area contributed by atoms with Crippen LogP contribution in [0.25, 0.3) is 33.8 Å². The van der Waals surface area contributed by atoms with E-state index in [0.717, 1.165) is 34.5 Å². The molecule has 7 nitrogen and oxygen atoms in total. The van der Waals surface area contributed by atoms with Gasteiger partial charge in [0, 0.05) is 31.4 Å². The Morgan fingerprint density at radius 1 is 1.17 bits per heavy atom. The van der Waals surface area contributed by atoms with E-state index in [-0.39, 0.29) is 0 Å². The fourth-order valence-electron chi connectivity index (χ4n) is 2.54. The van der Waals surface area contributed by atoms with Gasteiger partial charge in [0.05, 0.1) is 11.2 Å². The van der Waals surface area contributed by atoms with Crippen molar-refractivity contribution in [2.45, 2.75) is 20.4 Å². The Labute approximate surface area is 132 Å². The average molecular weight is 306 g/mol. The highest BCUT2D eigenvalue weighted by Gasteiger charge is 2.15. The standard InChI is InChI=1S/C16H14N6O/c1-3-22-13-5-4-7-18-15(13)14(20-22)12-9-11(6-8-17-12)16-19-10(2)23-21-16/h4-9H,3H2,1-2H3. The van der Waals surface area contributed by atoms with Gasteiger partial charge in [0.15, 0.2) is 0 Å². The molecule has 4 aromatic heterocycles. The highest BCUT2D eigenvalue weighted by Crippen LogP contribution is 2.27. The highest BCUT2D eigenvalue weighted by atomic mass is 16.5. The molecule has 0 bridgehead atoms. The van der Waals surface area contributed by atoms with Crippen molar-refractivity contribution in [3.05, 3.63) is 42.5 Å². The van der Waals surface area contributed by atoms with Crippen molar-refractivity contribution in [1.29, 1.82) is 0 Å². The molecule has 0 saturated heterocycles. The molecule has 0 aliphatic heterocycles. The zero-order chi connectivity index (χ0) is 15.8. The van der Waals surface area contributed by atoms with E-state index in [2.05, 4.69) is 32.1 Å². The monoisotopic (exact) mass is 306 g/mol. The summed E-state index contributed by atoms with van der Waals surface area (Å²) in [7, 11) is 0. The van der Waals surface area contributed by atoms with E-state index in [1.807, 2.05) is 28.9 Å². The second-order valence-electron chi connectivity index (χ2n) is 5.10. The SMILES string of the molecule is CCn1nc(-c2cc(-c3noc(C)n3)ccn2)c2ncccc21. The molecular weight excluding hydrogens is 292 g/mol. The quantitative estimate of drug-likeness (QED) is 0.579. The molecule has 4 aromatic rings. The van der Waals surface area contributed by atoms with E-state index in [4.69, 9.17) is 4.52 Å². The predicted octanol–water partition coefficient (Wildman–Crippen LogP) is 2.87. The van der Waals surface area contributed by atoms with Crippen LogP contribution in [0.15, 0.2) is 41.2 Å². The third kappa shape index (κ3) is 2.26. The van der Waals surface area contributed by atoms with Gasteiger partial charge in [0.2, 0.25) is 11.7 Å². The van der Waals surface area contributed by atoms with Gasteiger partial charge in [0.1, 0.15) is 11.2 Å². The van der Waals surface area contributed by atoms with Crippen LogP contribution in [0.1, 0.15) is 12.8 Å². The van der Waals surface area contributed by atoms with Gasteiger partial charge in [-0.05, 0) is 31.2 Å². The first kappa shape index (κ1) is 13.6. The molecule has 4 heterocycles. The van der Waals surface area contributed by atoms with Crippen molar-refractivity contribution in [3.63, 3.8) is 0 Å². The van der Waals surface area contributed by atoms with Crippen LogP contribution in [0.3, 0.4) is 0 Å². The first-order chi connectivity index (χ1) is 11.3. The van der Waals surface area contributed by atoms with Crippen LogP contribution in [0, 0.1) is 6.92 Å². The van der Waals surface area contributed by atoms with E-state index >= 15 is 0 Å². The number of hydrogen-bond acceptors (Lipinski definition) is 6. The van der Waals surface area contributed by atoms with Crippen LogP contribution in [0.2, 0.25) is 0 Å². The van der Waals surface area contributed by atoms with E-state index in [0.29, 0.717) is 11.7 Å². The maximum Gasteiger partial charge on any atom is 0.223 e. The summed E-state index contributed by atoms with van der Waals surface area (Å²) >= 11 is 0. The van der Waals surface area contributed by atoms with Crippen LogP contribution >= 0.6 is 0 Å². The molecule has 23 heavy (non-hydrogen) atoms. The molecule has 0 atom stereocenters. The number of fused-ring (bicyclic) bond motifs is 1. The Morgan fingerprint density at radius 2 is 2.09 bits per heavy atom. The second-order valence-corrected chi connectivity index (χ2v) is 5.10. The van der Waals surface area contributed by atoms with Crippen molar-refractivity contribution < 1.29 is 4.52 Å². The summed E-state index contributed by atoms with van der Waals surface area (Å²) in [6, 6.07) is 7.67. The molecule has 0 N–H and O–H groups in total. The summed E-state index contributed by atoms with van der Waals surface area (Å²) in [4.78, 5) is 13.1. The molecule has 0 aromatic carbocycles. The van der Waals surface area contributed by atoms with E-state index in [9.17, 15) is 0 Å². The Bertz CT molecular complexity index is 987. The first-order valence-corrected chi connectivity index (χ1v) is 7.35. The summed E-state index contributed by atoms with van der Waals surface area (Å²) in [6.45, 7) is 4.58.